The summed E-state index contributed by atoms with van der Waals surface area (Å²) in [6.45, 7) is 2.32. The second kappa shape index (κ2) is 13.4. The molecule has 0 aliphatic carbocycles. The summed E-state index contributed by atoms with van der Waals surface area (Å²) in [5, 5.41) is 2.20. The number of nitrogens with two attached hydrogens (primary N) is 2. The van der Waals surface area contributed by atoms with Gasteiger partial charge in [-0.1, -0.05) is 73.7 Å². The molecule has 4 N–H and O–H groups in total. The summed E-state index contributed by atoms with van der Waals surface area (Å²) < 4.78 is 10.8. The Morgan fingerprint density at radius 1 is 0.889 bits per heavy atom. The summed E-state index contributed by atoms with van der Waals surface area (Å²) >= 11 is 0. The van der Waals surface area contributed by atoms with Gasteiger partial charge in [0.1, 0.15) is 18.8 Å². The SMILES string of the molecule is CCc1ccc2cc(CC(CC(N)=O)OC(=O)[C@@H](N)CCCC(=O)OCc3ccccc3)ccc2c1. The highest BCUT2D eigenvalue weighted by atomic mass is 16.5. The molecule has 0 aliphatic heterocycles. The first-order chi connectivity index (χ1) is 17.3. The molecular weight excluding hydrogens is 456 g/mol. The Morgan fingerprint density at radius 2 is 1.56 bits per heavy atom. The van der Waals surface area contributed by atoms with Gasteiger partial charge in [0, 0.05) is 12.8 Å². The molecule has 3 aromatic carbocycles. The van der Waals surface area contributed by atoms with Gasteiger partial charge >= 0.3 is 11.9 Å². The first-order valence-electron chi connectivity index (χ1n) is 12.3. The number of amides is 1. The molecular formula is C29H34N2O5. The fourth-order valence-electron chi connectivity index (χ4n) is 3.98. The van der Waals surface area contributed by atoms with Crippen molar-refractivity contribution in [2.75, 3.05) is 0 Å². The van der Waals surface area contributed by atoms with Crippen LogP contribution in [0.1, 0.15) is 49.3 Å². The summed E-state index contributed by atoms with van der Waals surface area (Å²) in [7, 11) is 0. The number of carbonyl (C=O) groups excluding carboxylic acids is 3. The number of hydrogen-bond donors (Lipinski definition) is 2. The molecule has 3 aromatic rings. The molecule has 0 spiro atoms. The van der Waals surface area contributed by atoms with Crippen molar-refractivity contribution in [1.29, 1.82) is 0 Å². The molecule has 7 heteroatoms. The van der Waals surface area contributed by atoms with Gasteiger partial charge in [-0.3, -0.25) is 14.4 Å². The lowest BCUT2D eigenvalue weighted by atomic mass is 9.99. The molecule has 2 atom stereocenters. The van der Waals surface area contributed by atoms with E-state index in [1.165, 1.54) is 5.56 Å². The van der Waals surface area contributed by atoms with E-state index in [0.29, 0.717) is 12.8 Å². The largest absolute Gasteiger partial charge is 0.461 e. The number of carbonyl (C=O) groups is 3. The van der Waals surface area contributed by atoms with Gasteiger partial charge in [-0.25, -0.2) is 0 Å². The van der Waals surface area contributed by atoms with E-state index in [1.807, 2.05) is 48.5 Å². The fourth-order valence-corrected chi connectivity index (χ4v) is 3.98. The van der Waals surface area contributed by atoms with E-state index >= 15 is 0 Å². The molecule has 0 radical (unpaired) electrons. The van der Waals surface area contributed by atoms with Crippen LogP contribution in [0.25, 0.3) is 10.8 Å². The van der Waals surface area contributed by atoms with Crippen LogP contribution in [-0.4, -0.2) is 30.0 Å². The van der Waals surface area contributed by atoms with E-state index < -0.39 is 24.0 Å². The maximum atomic E-state index is 12.6. The third-order valence-electron chi connectivity index (χ3n) is 5.99. The van der Waals surface area contributed by atoms with Gasteiger partial charge in [0.25, 0.3) is 0 Å². The molecule has 0 heterocycles. The van der Waals surface area contributed by atoms with Gasteiger partial charge in [0.15, 0.2) is 0 Å². The standard InChI is InChI=1S/C29H34N2O5/c1-2-20-11-13-24-16-22(12-14-23(24)15-20)17-25(18-27(31)32)36-29(34)26(30)9-6-10-28(33)35-19-21-7-4-3-5-8-21/h3-5,7-8,11-16,25-26H,2,6,9-10,17-19,30H2,1H3,(H2,31,32)/t25?,26-/m0/s1. The monoisotopic (exact) mass is 490 g/mol. The van der Waals surface area contributed by atoms with Crippen LogP contribution in [0, 0.1) is 0 Å². The van der Waals surface area contributed by atoms with Crippen LogP contribution >= 0.6 is 0 Å². The average Bonchev–Trinajstić information content (AvgIpc) is 2.87. The number of rotatable bonds is 13. The van der Waals surface area contributed by atoms with Crippen molar-refractivity contribution in [1.82, 2.24) is 0 Å². The molecule has 0 bridgehead atoms. The molecule has 1 amide bonds. The lowest BCUT2D eigenvalue weighted by molar-refractivity contribution is -0.152. The molecule has 190 valence electrons. The number of ether oxygens (including phenoxy) is 2. The van der Waals surface area contributed by atoms with Gasteiger partial charge < -0.3 is 20.9 Å². The normalized spacial score (nSPS) is 12.6. The molecule has 0 saturated heterocycles. The van der Waals surface area contributed by atoms with Crippen LogP contribution < -0.4 is 11.5 Å². The number of fused-ring (bicyclic) bond motifs is 1. The minimum absolute atomic E-state index is 0.100. The Kier molecular flexibility index (Phi) is 10.0. The van der Waals surface area contributed by atoms with Crippen LogP contribution in [0.2, 0.25) is 0 Å². The minimum Gasteiger partial charge on any atom is -0.461 e. The number of hydrogen-bond acceptors (Lipinski definition) is 6. The predicted molar refractivity (Wildman–Crippen MR) is 139 cm³/mol. The summed E-state index contributed by atoms with van der Waals surface area (Å²) in [6.07, 6.45) is 1.28. The highest BCUT2D eigenvalue weighted by Crippen LogP contribution is 2.20. The van der Waals surface area contributed by atoms with Crippen molar-refractivity contribution in [3.8, 4) is 0 Å². The zero-order chi connectivity index (χ0) is 25.9. The fraction of sp³-hybridized carbons (Fsp3) is 0.345. The minimum atomic E-state index is -0.911. The highest BCUT2D eigenvalue weighted by molar-refractivity contribution is 5.84. The average molecular weight is 491 g/mol. The van der Waals surface area contributed by atoms with E-state index in [4.69, 9.17) is 20.9 Å². The van der Waals surface area contributed by atoms with Gasteiger partial charge in [-0.15, -0.1) is 0 Å². The molecule has 0 saturated carbocycles. The van der Waals surface area contributed by atoms with Crippen LogP contribution in [-0.2, 0) is 43.3 Å². The maximum absolute atomic E-state index is 12.6. The summed E-state index contributed by atoms with van der Waals surface area (Å²) in [4.78, 5) is 36.1. The second-order valence-electron chi connectivity index (χ2n) is 8.95. The van der Waals surface area contributed by atoms with E-state index in [-0.39, 0.29) is 31.8 Å². The van der Waals surface area contributed by atoms with Crippen LogP contribution in [0.5, 0.6) is 0 Å². The van der Waals surface area contributed by atoms with E-state index in [0.717, 1.165) is 28.3 Å². The summed E-state index contributed by atoms with van der Waals surface area (Å²) in [5.41, 5.74) is 14.5. The van der Waals surface area contributed by atoms with Gasteiger partial charge in [0.2, 0.25) is 5.91 Å². The molecule has 36 heavy (non-hydrogen) atoms. The Balaban J connectivity index is 1.49. The van der Waals surface area contributed by atoms with Crippen LogP contribution in [0.15, 0.2) is 66.7 Å². The Labute approximate surface area is 211 Å². The first kappa shape index (κ1) is 26.9. The van der Waals surface area contributed by atoms with E-state index in [2.05, 4.69) is 25.1 Å². The van der Waals surface area contributed by atoms with Gasteiger partial charge in [-0.2, -0.15) is 0 Å². The Morgan fingerprint density at radius 3 is 2.22 bits per heavy atom. The van der Waals surface area contributed by atoms with Gasteiger partial charge in [-0.05, 0) is 46.7 Å². The maximum Gasteiger partial charge on any atom is 0.323 e. The molecule has 3 rings (SSSR count). The van der Waals surface area contributed by atoms with Crippen molar-refractivity contribution in [3.63, 3.8) is 0 Å². The van der Waals surface area contributed by atoms with Crippen molar-refractivity contribution in [2.45, 2.75) is 64.2 Å². The quantitative estimate of drug-likeness (QED) is 0.350. The van der Waals surface area contributed by atoms with Crippen LogP contribution in [0.4, 0.5) is 0 Å². The lowest BCUT2D eigenvalue weighted by Gasteiger charge is -2.19. The smallest absolute Gasteiger partial charge is 0.323 e. The topological polar surface area (TPSA) is 122 Å². The van der Waals surface area contributed by atoms with Crippen molar-refractivity contribution < 1.29 is 23.9 Å². The molecule has 0 aromatic heterocycles. The molecule has 0 aliphatic rings. The third kappa shape index (κ3) is 8.50. The van der Waals surface area contributed by atoms with Crippen molar-refractivity contribution >= 4 is 28.6 Å². The van der Waals surface area contributed by atoms with Crippen LogP contribution in [0.3, 0.4) is 0 Å². The lowest BCUT2D eigenvalue weighted by Crippen LogP contribution is -2.37. The van der Waals surface area contributed by atoms with E-state index in [1.54, 1.807) is 0 Å². The number of primary amides is 1. The number of esters is 2. The van der Waals surface area contributed by atoms with Gasteiger partial charge in [0.05, 0.1) is 6.42 Å². The molecule has 0 fully saturated rings. The Bertz CT molecular complexity index is 1180. The Hall–Kier alpha value is -3.71. The number of aryl methyl sites for hydroxylation is 1. The second-order valence-corrected chi connectivity index (χ2v) is 8.95. The zero-order valence-electron chi connectivity index (χ0n) is 20.7. The first-order valence-corrected chi connectivity index (χ1v) is 12.3. The highest BCUT2D eigenvalue weighted by Gasteiger charge is 2.22. The number of benzene rings is 3. The molecule has 7 nitrogen and oxygen atoms in total. The van der Waals surface area contributed by atoms with Crippen molar-refractivity contribution in [2.24, 2.45) is 11.5 Å². The summed E-state index contributed by atoms with van der Waals surface area (Å²) in [5.74, 6) is -1.53. The third-order valence-corrected chi connectivity index (χ3v) is 5.99. The summed E-state index contributed by atoms with van der Waals surface area (Å²) in [6, 6.07) is 20.8. The van der Waals surface area contributed by atoms with E-state index in [9.17, 15) is 14.4 Å². The predicted octanol–water partition coefficient (Wildman–Crippen LogP) is 3.97. The molecule has 1 unspecified atom stereocenters. The van der Waals surface area contributed by atoms with Crippen molar-refractivity contribution in [3.05, 3.63) is 83.4 Å². The zero-order valence-corrected chi connectivity index (χ0v) is 20.7.